The van der Waals surface area contributed by atoms with Gasteiger partial charge in [-0.2, -0.15) is 0 Å². The van der Waals surface area contributed by atoms with Crippen LogP contribution in [0.15, 0.2) is 18.2 Å². The molecule has 0 radical (unpaired) electrons. The third-order valence-corrected chi connectivity index (χ3v) is 4.02. The molecule has 1 fully saturated rings. The number of halogens is 2. The van der Waals surface area contributed by atoms with Gasteiger partial charge in [-0.1, -0.05) is 11.6 Å². The van der Waals surface area contributed by atoms with Gasteiger partial charge in [0.2, 0.25) is 0 Å². The van der Waals surface area contributed by atoms with Crippen LogP contribution in [0.5, 0.6) is 0 Å². The van der Waals surface area contributed by atoms with E-state index in [0.717, 1.165) is 12.8 Å². The van der Waals surface area contributed by atoms with Crippen LogP contribution in [0.1, 0.15) is 23.2 Å². The van der Waals surface area contributed by atoms with Crippen molar-refractivity contribution in [1.82, 2.24) is 4.90 Å². The van der Waals surface area contributed by atoms with Crippen molar-refractivity contribution in [3.63, 3.8) is 0 Å². The van der Waals surface area contributed by atoms with Crippen LogP contribution in [-0.4, -0.2) is 34.7 Å². The molecule has 1 amide bonds. The molecule has 2 rings (SSSR count). The fraction of sp³-hybridized carbons (Fsp3) is 0.462. The number of amides is 1. The van der Waals surface area contributed by atoms with Crippen molar-refractivity contribution in [1.29, 1.82) is 0 Å². The molecule has 1 saturated heterocycles. The molecule has 0 spiro atoms. The Morgan fingerprint density at radius 1 is 1.45 bits per heavy atom. The smallest absolute Gasteiger partial charge is 0.271 e. The Kier molecular flexibility index (Phi) is 4.83. The highest BCUT2D eigenvalue weighted by Gasteiger charge is 2.25. The summed E-state index contributed by atoms with van der Waals surface area (Å²) in [7, 11) is 0. The van der Waals surface area contributed by atoms with Crippen molar-refractivity contribution in [3.05, 3.63) is 38.9 Å². The summed E-state index contributed by atoms with van der Waals surface area (Å²) in [5, 5.41) is 11.0. The fourth-order valence-electron chi connectivity index (χ4n) is 2.36. The van der Waals surface area contributed by atoms with Crippen molar-refractivity contribution in [2.75, 3.05) is 19.0 Å². The number of rotatable bonds is 3. The van der Waals surface area contributed by atoms with Gasteiger partial charge >= 0.3 is 0 Å². The first-order valence-corrected chi connectivity index (χ1v) is 7.22. The highest BCUT2D eigenvalue weighted by Crippen LogP contribution is 2.24. The van der Waals surface area contributed by atoms with E-state index in [1.165, 1.54) is 18.2 Å². The minimum Gasteiger partial charge on any atom is -0.338 e. The first-order valence-electron chi connectivity index (χ1n) is 6.31. The van der Waals surface area contributed by atoms with Gasteiger partial charge in [0.15, 0.2) is 0 Å². The molecule has 7 heteroatoms. The van der Waals surface area contributed by atoms with Crippen LogP contribution < -0.4 is 0 Å². The van der Waals surface area contributed by atoms with Gasteiger partial charge in [-0.25, -0.2) is 0 Å². The van der Waals surface area contributed by atoms with E-state index in [1.54, 1.807) is 4.90 Å². The number of hydrogen-bond acceptors (Lipinski definition) is 3. The van der Waals surface area contributed by atoms with Crippen LogP contribution >= 0.6 is 23.2 Å². The monoisotopic (exact) mass is 316 g/mol. The van der Waals surface area contributed by atoms with Crippen LogP contribution in [0, 0.1) is 16.0 Å². The maximum atomic E-state index is 12.4. The Bertz CT molecular complexity index is 536. The van der Waals surface area contributed by atoms with E-state index in [1.807, 2.05) is 0 Å². The van der Waals surface area contributed by atoms with Gasteiger partial charge in [-0.05, 0) is 24.8 Å². The Morgan fingerprint density at radius 2 is 2.20 bits per heavy atom. The molecule has 0 bridgehead atoms. The highest BCUT2D eigenvalue weighted by molar-refractivity contribution is 6.31. The number of carbonyl (C=O) groups excluding carboxylic acids is 1. The van der Waals surface area contributed by atoms with Gasteiger partial charge < -0.3 is 4.90 Å². The van der Waals surface area contributed by atoms with Crippen LogP contribution in [-0.2, 0) is 0 Å². The van der Waals surface area contributed by atoms with Crippen molar-refractivity contribution in [3.8, 4) is 0 Å². The molecule has 0 aromatic heterocycles. The van der Waals surface area contributed by atoms with Gasteiger partial charge in [0.25, 0.3) is 11.6 Å². The van der Waals surface area contributed by atoms with Crippen molar-refractivity contribution >= 4 is 34.8 Å². The number of non-ortho nitro benzene ring substituents is 1. The molecular weight excluding hydrogens is 303 g/mol. The molecule has 5 nitrogen and oxygen atoms in total. The molecule has 0 aliphatic carbocycles. The van der Waals surface area contributed by atoms with Gasteiger partial charge in [-0.3, -0.25) is 14.9 Å². The van der Waals surface area contributed by atoms with Crippen molar-refractivity contribution in [2.24, 2.45) is 5.92 Å². The Morgan fingerprint density at radius 3 is 2.85 bits per heavy atom. The molecule has 1 aromatic carbocycles. The first kappa shape index (κ1) is 15.1. The second-order valence-corrected chi connectivity index (χ2v) is 5.61. The molecule has 1 atom stereocenters. The van der Waals surface area contributed by atoms with Crippen molar-refractivity contribution in [2.45, 2.75) is 12.8 Å². The quantitative estimate of drug-likeness (QED) is 0.488. The Hall–Kier alpha value is -1.33. The predicted molar refractivity (Wildman–Crippen MR) is 77.5 cm³/mol. The number of hydrogen-bond donors (Lipinski definition) is 0. The minimum absolute atomic E-state index is 0.174. The minimum atomic E-state index is -0.555. The predicted octanol–water partition coefficient (Wildman–Crippen LogP) is 3.34. The lowest BCUT2D eigenvalue weighted by molar-refractivity contribution is -0.384. The normalized spacial score (nSPS) is 18.9. The lowest BCUT2D eigenvalue weighted by Crippen LogP contribution is -2.40. The van der Waals surface area contributed by atoms with E-state index in [4.69, 9.17) is 23.2 Å². The first-order chi connectivity index (χ1) is 9.51. The fourth-order valence-corrected chi connectivity index (χ4v) is 2.84. The second kappa shape index (κ2) is 6.41. The number of nitro groups is 1. The molecule has 0 N–H and O–H groups in total. The zero-order valence-electron chi connectivity index (χ0n) is 10.7. The number of nitrogens with zero attached hydrogens (tertiary/aromatic N) is 2. The van der Waals surface area contributed by atoms with E-state index in [9.17, 15) is 14.9 Å². The van der Waals surface area contributed by atoms with Crippen molar-refractivity contribution < 1.29 is 9.72 Å². The highest BCUT2D eigenvalue weighted by atomic mass is 35.5. The summed E-state index contributed by atoms with van der Waals surface area (Å²) in [5.74, 6) is 0.563. The summed E-state index contributed by atoms with van der Waals surface area (Å²) in [6, 6.07) is 3.95. The van der Waals surface area contributed by atoms with E-state index < -0.39 is 4.92 Å². The summed E-state index contributed by atoms with van der Waals surface area (Å²) in [4.78, 5) is 24.3. The summed E-state index contributed by atoms with van der Waals surface area (Å²) >= 11 is 11.7. The summed E-state index contributed by atoms with van der Waals surface area (Å²) in [5.41, 5.74) is 0.0752. The molecular formula is C13H14Cl2N2O3. The standard InChI is InChI=1S/C13H14Cl2N2O3/c14-7-9-2-1-3-16(8-9)13(18)10-4-11(15)6-12(5-10)17(19)20/h4-6,9H,1-3,7-8H2. The average Bonchev–Trinajstić information content (AvgIpc) is 2.45. The molecule has 1 unspecified atom stereocenters. The van der Waals surface area contributed by atoms with Crippen LogP contribution in [0.25, 0.3) is 0 Å². The maximum absolute atomic E-state index is 12.4. The number of piperidine rings is 1. The van der Waals surface area contributed by atoms with Gasteiger partial charge in [-0.15, -0.1) is 11.6 Å². The average molecular weight is 317 g/mol. The molecule has 1 aromatic rings. The SMILES string of the molecule is O=C(c1cc(Cl)cc([N+](=O)[O-])c1)N1CCCC(CCl)C1. The third kappa shape index (κ3) is 3.41. The number of nitro benzene ring substituents is 1. The largest absolute Gasteiger partial charge is 0.338 e. The summed E-state index contributed by atoms with van der Waals surface area (Å²) in [6.45, 7) is 1.23. The van der Waals surface area contributed by atoms with E-state index in [2.05, 4.69) is 0 Å². The zero-order valence-corrected chi connectivity index (χ0v) is 12.2. The van der Waals surface area contributed by atoms with Gasteiger partial charge in [0.05, 0.1) is 4.92 Å². The van der Waals surface area contributed by atoms with Crippen LogP contribution in [0.3, 0.4) is 0 Å². The second-order valence-electron chi connectivity index (χ2n) is 4.87. The molecule has 108 valence electrons. The third-order valence-electron chi connectivity index (χ3n) is 3.36. The summed E-state index contributed by atoms with van der Waals surface area (Å²) < 4.78 is 0. The van der Waals surface area contributed by atoms with Crippen LogP contribution in [0.4, 0.5) is 5.69 Å². The van der Waals surface area contributed by atoms with Gasteiger partial charge in [0.1, 0.15) is 0 Å². The van der Waals surface area contributed by atoms with E-state index >= 15 is 0 Å². The number of likely N-dealkylation sites (tertiary alicyclic amines) is 1. The van der Waals surface area contributed by atoms with E-state index in [-0.39, 0.29) is 28.1 Å². The topological polar surface area (TPSA) is 63.4 Å². The number of carbonyl (C=O) groups is 1. The maximum Gasteiger partial charge on any atom is 0.271 e. The van der Waals surface area contributed by atoms with E-state index in [0.29, 0.717) is 19.0 Å². The molecule has 1 heterocycles. The summed E-state index contributed by atoms with van der Waals surface area (Å²) in [6.07, 6.45) is 1.90. The Balaban J connectivity index is 2.22. The van der Waals surface area contributed by atoms with Gasteiger partial charge in [0, 0.05) is 41.7 Å². The number of alkyl halides is 1. The lowest BCUT2D eigenvalue weighted by Gasteiger charge is -2.31. The molecule has 1 aliphatic heterocycles. The van der Waals surface area contributed by atoms with Crippen LogP contribution in [0.2, 0.25) is 5.02 Å². The molecule has 1 aliphatic rings. The molecule has 20 heavy (non-hydrogen) atoms. The number of benzene rings is 1. The lowest BCUT2D eigenvalue weighted by atomic mass is 9.99. The molecule has 0 saturated carbocycles. The Labute approximate surface area is 126 Å². The zero-order chi connectivity index (χ0) is 14.7.